The van der Waals surface area contributed by atoms with Gasteiger partial charge in [0.2, 0.25) is 5.78 Å². The Morgan fingerprint density at radius 2 is 2.00 bits per heavy atom. The molecule has 1 saturated carbocycles. The van der Waals surface area contributed by atoms with Crippen LogP contribution in [-0.2, 0) is 6.54 Å². The predicted molar refractivity (Wildman–Crippen MR) is 105 cm³/mol. The summed E-state index contributed by atoms with van der Waals surface area (Å²) < 4.78 is 1.24. The van der Waals surface area contributed by atoms with Crippen LogP contribution in [0.15, 0.2) is 27.8 Å². The zero-order chi connectivity index (χ0) is 20.4. The number of hydrogen-bond acceptors (Lipinski definition) is 4. The van der Waals surface area contributed by atoms with Crippen LogP contribution in [0.25, 0.3) is 0 Å². The van der Waals surface area contributed by atoms with E-state index in [0.29, 0.717) is 11.5 Å². The van der Waals surface area contributed by atoms with Crippen molar-refractivity contribution in [1.29, 1.82) is 5.26 Å². The summed E-state index contributed by atoms with van der Waals surface area (Å²) in [6.07, 6.45) is 2.10. The van der Waals surface area contributed by atoms with E-state index in [9.17, 15) is 19.6 Å². The van der Waals surface area contributed by atoms with Crippen LogP contribution in [0.3, 0.4) is 0 Å². The molecule has 0 spiro atoms. The zero-order valence-corrected chi connectivity index (χ0v) is 16.1. The molecule has 0 atom stereocenters. The monoisotopic (exact) mass is 375 g/mol. The molecule has 0 bridgehead atoms. The molecule has 3 rings (SSSR count). The van der Waals surface area contributed by atoms with Crippen LogP contribution in [0.2, 0.25) is 0 Å². The summed E-state index contributed by atoms with van der Waals surface area (Å²) in [4.78, 5) is 40.6. The SMILES string of the molecule is Cc1cc(C#N)cc(C(=O)c2c(C(C)C)c(=O)[nH]c(=O)n2CC#CC2CC2)c1. The zero-order valence-electron chi connectivity index (χ0n) is 16.1. The number of nitriles is 1. The first-order valence-corrected chi connectivity index (χ1v) is 9.23. The third kappa shape index (κ3) is 3.97. The van der Waals surface area contributed by atoms with Crippen molar-refractivity contribution in [2.75, 3.05) is 0 Å². The first kappa shape index (κ1) is 19.4. The predicted octanol–water partition coefficient (Wildman–Crippen LogP) is 2.48. The number of rotatable bonds is 4. The summed E-state index contributed by atoms with van der Waals surface area (Å²) in [7, 11) is 0. The fraction of sp³-hybridized carbons (Fsp3) is 0.364. The highest BCUT2D eigenvalue weighted by atomic mass is 16.2. The average Bonchev–Trinajstić information content (AvgIpc) is 3.45. The molecule has 0 amide bonds. The number of aryl methyl sites for hydroxylation is 1. The molecule has 0 unspecified atom stereocenters. The average molecular weight is 375 g/mol. The Morgan fingerprint density at radius 1 is 1.29 bits per heavy atom. The molecule has 1 aliphatic rings. The Bertz CT molecular complexity index is 1160. The number of carbonyl (C=O) groups is 1. The number of nitrogens with zero attached hydrogens (tertiary/aromatic N) is 2. The fourth-order valence-corrected chi connectivity index (χ4v) is 3.13. The Labute approximate surface area is 162 Å². The van der Waals surface area contributed by atoms with Crippen molar-refractivity contribution in [1.82, 2.24) is 9.55 Å². The van der Waals surface area contributed by atoms with Gasteiger partial charge in [-0.1, -0.05) is 25.7 Å². The van der Waals surface area contributed by atoms with Gasteiger partial charge >= 0.3 is 5.69 Å². The lowest BCUT2D eigenvalue weighted by Crippen LogP contribution is -2.37. The quantitative estimate of drug-likeness (QED) is 0.656. The lowest BCUT2D eigenvalue weighted by Gasteiger charge is -2.16. The van der Waals surface area contributed by atoms with E-state index in [1.165, 1.54) is 10.6 Å². The molecule has 1 aromatic carbocycles. The van der Waals surface area contributed by atoms with Crippen LogP contribution in [0, 0.1) is 36.0 Å². The summed E-state index contributed by atoms with van der Waals surface area (Å²) in [6.45, 7) is 5.41. The molecule has 1 aliphatic carbocycles. The van der Waals surface area contributed by atoms with Crippen LogP contribution in [0.5, 0.6) is 0 Å². The van der Waals surface area contributed by atoms with E-state index < -0.39 is 17.0 Å². The number of carbonyl (C=O) groups excluding carboxylic acids is 1. The minimum Gasteiger partial charge on any atom is -0.287 e. The number of aromatic amines is 1. The lowest BCUT2D eigenvalue weighted by atomic mass is 9.95. The Kier molecular flexibility index (Phi) is 5.33. The van der Waals surface area contributed by atoms with Gasteiger partial charge in [-0.25, -0.2) is 4.79 Å². The minimum absolute atomic E-state index is 0.0316. The van der Waals surface area contributed by atoms with E-state index in [1.54, 1.807) is 32.9 Å². The molecule has 6 nitrogen and oxygen atoms in total. The van der Waals surface area contributed by atoms with Crippen molar-refractivity contribution >= 4 is 5.78 Å². The molecule has 28 heavy (non-hydrogen) atoms. The van der Waals surface area contributed by atoms with Gasteiger partial charge in [0.25, 0.3) is 5.56 Å². The number of hydrogen-bond donors (Lipinski definition) is 1. The number of benzene rings is 1. The standard InChI is InChI=1S/C22H21N3O3/c1-13(2)18-19(20(26)17-10-14(3)9-16(11-17)12-23)25(22(28)24-21(18)27)8-4-5-15-6-7-15/h9-11,13,15H,6-8H2,1-3H3,(H,24,27,28). The second-order valence-electron chi connectivity index (χ2n) is 7.39. The normalized spacial score (nSPS) is 13.0. The van der Waals surface area contributed by atoms with E-state index in [2.05, 4.69) is 16.8 Å². The Morgan fingerprint density at radius 3 is 2.61 bits per heavy atom. The van der Waals surface area contributed by atoms with E-state index in [4.69, 9.17) is 0 Å². The lowest BCUT2D eigenvalue weighted by molar-refractivity contribution is 0.102. The van der Waals surface area contributed by atoms with Crippen molar-refractivity contribution < 1.29 is 4.79 Å². The van der Waals surface area contributed by atoms with Gasteiger partial charge < -0.3 is 0 Å². The van der Waals surface area contributed by atoms with E-state index >= 15 is 0 Å². The van der Waals surface area contributed by atoms with E-state index in [1.807, 2.05) is 6.07 Å². The molecule has 0 saturated heterocycles. The second-order valence-corrected chi connectivity index (χ2v) is 7.39. The van der Waals surface area contributed by atoms with Crippen molar-refractivity contribution in [3.63, 3.8) is 0 Å². The molecule has 0 aliphatic heterocycles. The number of H-pyrrole nitrogens is 1. The van der Waals surface area contributed by atoms with Crippen LogP contribution in [-0.4, -0.2) is 15.3 Å². The minimum atomic E-state index is -0.656. The molecule has 2 aromatic rings. The largest absolute Gasteiger partial charge is 0.329 e. The molecular formula is C22H21N3O3. The maximum atomic E-state index is 13.4. The highest BCUT2D eigenvalue weighted by Crippen LogP contribution is 2.27. The van der Waals surface area contributed by atoms with Gasteiger partial charge in [-0.05, 0) is 49.4 Å². The van der Waals surface area contributed by atoms with Crippen molar-refractivity contribution in [3.05, 3.63) is 67.0 Å². The topological polar surface area (TPSA) is 95.7 Å². The molecule has 142 valence electrons. The molecule has 1 heterocycles. The first-order chi connectivity index (χ1) is 13.3. The summed E-state index contributed by atoms with van der Waals surface area (Å²) in [5.74, 6) is 5.66. The summed E-state index contributed by atoms with van der Waals surface area (Å²) >= 11 is 0. The van der Waals surface area contributed by atoms with Gasteiger partial charge in [-0.2, -0.15) is 5.26 Å². The second kappa shape index (κ2) is 7.70. The molecule has 0 radical (unpaired) electrons. The summed E-state index contributed by atoms with van der Waals surface area (Å²) in [6, 6.07) is 6.83. The third-order valence-corrected chi connectivity index (χ3v) is 4.62. The third-order valence-electron chi connectivity index (χ3n) is 4.62. The van der Waals surface area contributed by atoms with Gasteiger partial charge in [0.05, 0.1) is 18.2 Å². The van der Waals surface area contributed by atoms with Gasteiger partial charge in [-0.15, -0.1) is 0 Å². The number of ketones is 1. The van der Waals surface area contributed by atoms with Gasteiger partial charge in [0.1, 0.15) is 5.69 Å². The van der Waals surface area contributed by atoms with Crippen LogP contribution < -0.4 is 11.2 Å². The van der Waals surface area contributed by atoms with Crippen LogP contribution in [0.4, 0.5) is 0 Å². The first-order valence-electron chi connectivity index (χ1n) is 9.23. The van der Waals surface area contributed by atoms with Crippen molar-refractivity contribution in [2.24, 2.45) is 5.92 Å². The fourth-order valence-electron chi connectivity index (χ4n) is 3.13. The maximum Gasteiger partial charge on any atom is 0.329 e. The van der Waals surface area contributed by atoms with Crippen LogP contribution >= 0.6 is 0 Å². The van der Waals surface area contributed by atoms with Gasteiger partial charge in [0, 0.05) is 17.0 Å². The van der Waals surface area contributed by atoms with Crippen LogP contribution in [0.1, 0.15) is 65.3 Å². The van der Waals surface area contributed by atoms with Gasteiger partial charge in [-0.3, -0.25) is 19.1 Å². The van der Waals surface area contributed by atoms with Gasteiger partial charge in [0.15, 0.2) is 0 Å². The number of aromatic nitrogens is 2. The highest BCUT2D eigenvalue weighted by molar-refractivity contribution is 6.09. The smallest absolute Gasteiger partial charge is 0.287 e. The summed E-state index contributed by atoms with van der Waals surface area (Å²) in [5.41, 5.74) is 0.440. The molecule has 1 N–H and O–H groups in total. The van der Waals surface area contributed by atoms with Crippen molar-refractivity contribution in [3.8, 4) is 17.9 Å². The Balaban J connectivity index is 2.22. The molecule has 1 aromatic heterocycles. The number of nitrogens with one attached hydrogen (secondary N) is 1. The maximum absolute atomic E-state index is 13.4. The van der Waals surface area contributed by atoms with E-state index in [0.717, 1.165) is 18.4 Å². The molecular weight excluding hydrogens is 354 g/mol. The van der Waals surface area contributed by atoms with E-state index in [-0.39, 0.29) is 29.3 Å². The Hall–Kier alpha value is -3.38. The molecule has 6 heteroatoms. The summed E-state index contributed by atoms with van der Waals surface area (Å²) in [5, 5.41) is 9.21. The molecule has 1 fully saturated rings. The highest BCUT2D eigenvalue weighted by Gasteiger charge is 2.25. The van der Waals surface area contributed by atoms with Crippen molar-refractivity contribution in [2.45, 2.75) is 46.1 Å².